The highest BCUT2D eigenvalue weighted by Crippen LogP contribution is 2.11. The SMILES string of the molecule is Nc1nc(N)nc(N)n1.O=[P+](O)O.O=[P+](O)O.OCC(CO)(CO)CO. The summed E-state index contributed by atoms with van der Waals surface area (Å²) >= 11 is 0. The summed E-state index contributed by atoms with van der Waals surface area (Å²) in [6.07, 6.45) is 0. The van der Waals surface area contributed by atoms with Crippen LogP contribution in [0.1, 0.15) is 0 Å². The van der Waals surface area contributed by atoms with Crippen LogP contribution in [0.15, 0.2) is 0 Å². The van der Waals surface area contributed by atoms with Crippen molar-refractivity contribution in [1.29, 1.82) is 0 Å². The van der Waals surface area contributed by atoms with E-state index in [0.29, 0.717) is 0 Å². The maximum atomic E-state index is 8.70. The molecule has 0 spiro atoms. The van der Waals surface area contributed by atoms with Gasteiger partial charge in [0.1, 0.15) is 0 Å². The number of anilines is 3. The third kappa shape index (κ3) is 20.3. The molecular formula is C8H22N6O10P2+2. The molecule has 1 rings (SSSR count). The Hall–Kier alpha value is -1.71. The quantitative estimate of drug-likeness (QED) is 0.204. The van der Waals surface area contributed by atoms with Gasteiger partial charge in [0.15, 0.2) is 0 Å². The second-order valence-corrected chi connectivity index (χ2v) is 5.06. The molecule has 0 unspecified atom stereocenters. The number of rotatable bonds is 4. The first-order valence-electron chi connectivity index (χ1n) is 6.05. The molecule has 0 aromatic carbocycles. The number of aromatic nitrogens is 3. The van der Waals surface area contributed by atoms with Gasteiger partial charge in [-0.05, 0) is 0 Å². The van der Waals surface area contributed by atoms with Gasteiger partial charge in [-0.15, -0.1) is 19.6 Å². The van der Waals surface area contributed by atoms with Crippen molar-refractivity contribution in [3.05, 3.63) is 0 Å². The molecule has 0 atom stereocenters. The Morgan fingerprint density at radius 1 is 0.654 bits per heavy atom. The normalized spacial score (nSPS) is 9.38. The maximum Gasteiger partial charge on any atom is 0.692 e. The lowest BCUT2D eigenvalue weighted by Gasteiger charge is -2.23. The smallest absolute Gasteiger partial charge is 0.396 e. The minimum Gasteiger partial charge on any atom is -0.396 e. The van der Waals surface area contributed by atoms with Crippen LogP contribution >= 0.6 is 16.5 Å². The lowest BCUT2D eigenvalue weighted by Crippen LogP contribution is -2.37. The minimum absolute atomic E-state index is 0.0417. The van der Waals surface area contributed by atoms with E-state index in [-0.39, 0.29) is 17.8 Å². The lowest BCUT2D eigenvalue weighted by atomic mass is 9.93. The molecule has 1 heterocycles. The first-order valence-corrected chi connectivity index (χ1v) is 8.38. The second kappa shape index (κ2) is 16.7. The van der Waals surface area contributed by atoms with E-state index in [4.69, 9.17) is 66.3 Å². The third-order valence-electron chi connectivity index (χ3n) is 2.03. The molecule has 26 heavy (non-hydrogen) atoms. The average molecular weight is 424 g/mol. The maximum absolute atomic E-state index is 8.70. The Labute approximate surface area is 148 Å². The van der Waals surface area contributed by atoms with Gasteiger partial charge in [-0.25, -0.2) is 0 Å². The Balaban J connectivity index is -0.000000293. The van der Waals surface area contributed by atoms with Crippen LogP contribution in [0.5, 0.6) is 0 Å². The first-order chi connectivity index (χ1) is 11.9. The topological polar surface area (TPSA) is 313 Å². The van der Waals surface area contributed by atoms with Crippen LogP contribution in [0.2, 0.25) is 0 Å². The fraction of sp³-hybridized carbons (Fsp3) is 0.625. The Morgan fingerprint density at radius 3 is 0.885 bits per heavy atom. The summed E-state index contributed by atoms with van der Waals surface area (Å²) in [6, 6.07) is 0. The lowest BCUT2D eigenvalue weighted by molar-refractivity contribution is -0.0328. The van der Waals surface area contributed by atoms with Crippen LogP contribution in [0.3, 0.4) is 0 Å². The molecule has 18 heteroatoms. The Kier molecular flexibility index (Phi) is 18.7. The molecule has 1 aromatic rings. The van der Waals surface area contributed by atoms with Crippen molar-refractivity contribution in [3.8, 4) is 0 Å². The fourth-order valence-corrected chi connectivity index (χ4v) is 0.727. The van der Waals surface area contributed by atoms with Gasteiger partial charge in [0.05, 0.1) is 31.8 Å². The van der Waals surface area contributed by atoms with Crippen LogP contribution in [0.4, 0.5) is 17.8 Å². The largest absolute Gasteiger partial charge is 0.692 e. The summed E-state index contributed by atoms with van der Waals surface area (Å²) in [5.41, 5.74) is 14.3. The van der Waals surface area contributed by atoms with Gasteiger partial charge < -0.3 is 37.6 Å². The van der Waals surface area contributed by atoms with Gasteiger partial charge in [0, 0.05) is 9.13 Å². The Bertz CT molecular complexity index is 446. The summed E-state index contributed by atoms with van der Waals surface area (Å²) < 4.78 is 17.4. The molecule has 0 saturated carbocycles. The second-order valence-electron chi connectivity index (χ2n) is 4.05. The summed E-state index contributed by atoms with van der Waals surface area (Å²) in [7, 11) is -5.74. The first kappa shape index (κ1) is 29.1. The van der Waals surface area contributed by atoms with Crippen molar-refractivity contribution in [3.63, 3.8) is 0 Å². The van der Waals surface area contributed by atoms with Gasteiger partial charge in [-0.1, -0.05) is 0 Å². The number of aliphatic hydroxyl groups is 4. The van der Waals surface area contributed by atoms with Crippen LogP contribution < -0.4 is 17.2 Å². The highest BCUT2D eigenvalue weighted by molar-refractivity contribution is 7.31. The summed E-state index contributed by atoms with van der Waals surface area (Å²) in [5, 5.41) is 34.0. The molecule has 0 bridgehead atoms. The van der Waals surface area contributed by atoms with Crippen molar-refractivity contribution in [2.24, 2.45) is 5.41 Å². The molecular weight excluding hydrogens is 402 g/mol. The molecule has 0 aliphatic carbocycles. The number of nitrogens with two attached hydrogens (primary N) is 3. The van der Waals surface area contributed by atoms with E-state index in [9.17, 15) is 0 Å². The van der Waals surface area contributed by atoms with Crippen molar-refractivity contribution >= 4 is 34.4 Å². The predicted molar refractivity (Wildman–Crippen MR) is 87.9 cm³/mol. The van der Waals surface area contributed by atoms with Gasteiger partial charge in [-0.2, -0.15) is 15.0 Å². The van der Waals surface area contributed by atoms with E-state index in [2.05, 4.69) is 15.0 Å². The van der Waals surface area contributed by atoms with Crippen molar-refractivity contribution in [2.75, 3.05) is 43.6 Å². The zero-order valence-corrected chi connectivity index (χ0v) is 15.0. The predicted octanol–water partition coefficient (Wildman–Crippen LogP) is -4.18. The zero-order chi connectivity index (χ0) is 21.3. The molecule has 152 valence electrons. The molecule has 0 radical (unpaired) electrons. The fourth-order valence-electron chi connectivity index (χ4n) is 0.727. The van der Waals surface area contributed by atoms with Gasteiger partial charge >= 0.3 is 16.5 Å². The third-order valence-corrected chi connectivity index (χ3v) is 2.03. The van der Waals surface area contributed by atoms with E-state index in [1.54, 1.807) is 0 Å². The summed E-state index contributed by atoms with van der Waals surface area (Å²) in [5.74, 6) is 0.125. The standard InChI is InChI=1S/C5H12O4.C3H6N6.2HO3P/c6-1-5(2-7,3-8)4-9;4-1-7-2(5)9-3(6)8-1;2*1-4(2)3/h6-9H,1-4H2;(H6,4,5,6,7,8,9);2*(H-,1,2,3)/p+2. The number of nitrogens with zero attached hydrogens (tertiary/aromatic N) is 3. The molecule has 0 saturated heterocycles. The van der Waals surface area contributed by atoms with Crippen LogP contribution in [-0.4, -0.2) is 81.4 Å². The van der Waals surface area contributed by atoms with E-state index in [1.807, 2.05) is 0 Å². The molecule has 0 fully saturated rings. The highest BCUT2D eigenvalue weighted by atomic mass is 31.1. The van der Waals surface area contributed by atoms with E-state index < -0.39 is 48.4 Å². The summed E-state index contributed by atoms with van der Waals surface area (Å²) in [6.45, 7) is -1.62. The zero-order valence-electron chi connectivity index (χ0n) is 13.2. The van der Waals surface area contributed by atoms with E-state index in [1.165, 1.54) is 0 Å². The van der Waals surface area contributed by atoms with Crippen LogP contribution in [-0.2, 0) is 9.13 Å². The van der Waals surface area contributed by atoms with Crippen LogP contribution in [0.25, 0.3) is 0 Å². The molecule has 0 amide bonds. The van der Waals surface area contributed by atoms with Crippen molar-refractivity contribution in [2.45, 2.75) is 0 Å². The molecule has 1 aromatic heterocycles. The number of hydrogen-bond donors (Lipinski definition) is 11. The molecule has 0 aliphatic heterocycles. The summed E-state index contributed by atoms with van der Waals surface area (Å²) in [4.78, 5) is 38.9. The van der Waals surface area contributed by atoms with Crippen molar-refractivity contribution < 1.29 is 49.1 Å². The number of nitrogen functional groups attached to an aromatic ring is 3. The van der Waals surface area contributed by atoms with Gasteiger partial charge in [0.2, 0.25) is 17.8 Å². The number of aliphatic hydroxyl groups excluding tert-OH is 4. The molecule has 16 nitrogen and oxygen atoms in total. The highest BCUT2D eigenvalue weighted by Gasteiger charge is 2.26. The molecule has 14 N–H and O–H groups in total. The average Bonchev–Trinajstić information content (AvgIpc) is 2.48. The van der Waals surface area contributed by atoms with Gasteiger partial charge in [0.25, 0.3) is 0 Å². The molecule has 0 aliphatic rings. The van der Waals surface area contributed by atoms with Crippen LogP contribution in [0, 0.1) is 5.41 Å². The minimum atomic E-state index is -2.87. The number of hydrogen-bond acceptors (Lipinski definition) is 12. The monoisotopic (exact) mass is 424 g/mol. The van der Waals surface area contributed by atoms with E-state index in [0.717, 1.165) is 0 Å². The van der Waals surface area contributed by atoms with E-state index >= 15 is 0 Å². The van der Waals surface area contributed by atoms with Gasteiger partial charge in [-0.3, -0.25) is 0 Å². The van der Waals surface area contributed by atoms with Crippen molar-refractivity contribution in [1.82, 2.24) is 15.0 Å². The Morgan fingerprint density at radius 2 is 0.808 bits per heavy atom.